The minimum absolute atomic E-state index is 0.180. The maximum Gasteiger partial charge on any atom is 0.263 e. The van der Waals surface area contributed by atoms with Crippen LogP contribution in [0.5, 0.6) is 0 Å². The highest BCUT2D eigenvalue weighted by molar-refractivity contribution is 6.23. The molecule has 2 aromatic rings. The van der Waals surface area contributed by atoms with Crippen molar-refractivity contribution in [3.05, 3.63) is 59.4 Å². The fourth-order valence-electron chi connectivity index (χ4n) is 3.97. The van der Waals surface area contributed by atoms with E-state index in [1.54, 1.807) is 24.5 Å². The molecule has 2 aliphatic heterocycles. The number of pyridine rings is 1. The molecular formula is C22H24N4O3. The molecule has 2 aliphatic rings. The van der Waals surface area contributed by atoms with Gasteiger partial charge in [0.1, 0.15) is 0 Å². The largest absolute Gasteiger partial charge is 0.367 e. The van der Waals surface area contributed by atoms with Crippen molar-refractivity contribution < 1.29 is 14.4 Å². The first-order valence-corrected chi connectivity index (χ1v) is 10.0. The van der Waals surface area contributed by atoms with Gasteiger partial charge in [-0.1, -0.05) is 19.1 Å². The standard InChI is InChI=1S/C22H24N4O3/c1-2-5-19(27)25-12-10-24(11-13-25)18-8-3-7-17-20(18)22(29)26(21(17)28)15-16-6-4-9-23-14-16/h3-4,6-9,14H,2,5,10-13,15H2,1H3. The van der Waals surface area contributed by atoms with E-state index in [-0.39, 0.29) is 24.3 Å². The normalized spacial score (nSPS) is 16.4. The highest BCUT2D eigenvalue weighted by Crippen LogP contribution is 2.33. The number of amides is 3. The summed E-state index contributed by atoms with van der Waals surface area (Å²) in [6.07, 6.45) is 4.73. The van der Waals surface area contributed by atoms with E-state index < -0.39 is 0 Å². The van der Waals surface area contributed by atoms with Crippen LogP contribution in [-0.2, 0) is 11.3 Å². The second-order valence-corrected chi connectivity index (χ2v) is 7.38. The van der Waals surface area contributed by atoms with Crippen LogP contribution in [0.15, 0.2) is 42.7 Å². The first-order chi connectivity index (χ1) is 14.1. The molecule has 0 bridgehead atoms. The van der Waals surface area contributed by atoms with E-state index in [4.69, 9.17) is 0 Å². The van der Waals surface area contributed by atoms with Crippen molar-refractivity contribution in [1.82, 2.24) is 14.8 Å². The van der Waals surface area contributed by atoms with Crippen molar-refractivity contribution in [2.45, 2.75) is 26.3 Å². The van der Waals surface area contributed by atoms with Crippen molar-refractivity contribution in [2.24, 2.45) is 0 Å². The first kappa shape index (κ1) is 19.1. The Morgan fingerprint density at radius 1 is 1.03 bits per heavy atom. The van der Waals surface area contributed by atoms with Crippen LogP contribution in [0.1, 0.15) is 46.0 Å². The summed E-state index contributed by atoms with van der Waals surface area (Å²) in [5.41, 5.74) is 2.50. The van der Waals surface area contributed by atoms with Gasteiger partial charge in [-0.05, 0) is 30.2 Å². The molecule has 7 heteroatoms. The van der Waals surface area contributed by atoms with Crippen molar-refractivity contribution in [3.8, 4) is 0 Å². The summed E-state index contributed by atoms with van der Waals surface area (Å²) < 4.78 is 0. The van der Waals surface area contributed by atoms with E-state index in [1.807, 2.05) is 30.0 Å². The molecule has 0 spiro atoms. The zero-order valence-corrected chi connectivity index (χ0v) is 16.5. The van der Waals surface area contributed by atoms with Crippen molar-refractivity contribution >= 4 is 23.4 Å². The third-order valence-electron chi connectivity index (χ3n) is 5.48. The lowest BCUT2D eigenvalue weighted by Crippen LogP contribution is -2.49. The number of nitrogens with zero attached hydrogens (tertiary/aromatic N) is 4. The fraction of sp³-hybridized carbons (Fsp3) is 0.364. The second kappa shape index (κ2) is 8.03. The zero-order valence-electron chi connectivity index (χ0n) is 16.5. The number of fused-ring (bicyclic) bond motifs is 1. The summed E-state index contributed by atoms with van der Waals surface area (Å²) >= 11 is 0. The Morgan fingerprint density at radius 3 is 2.52 bits per heavy atom. The topological polar surface area (TPSA) is 73.8 Å². The summed E-state index contributed by atoms with van der Waals surface area (Å²) in [4.78, 5) is 47.5. The lowest BCUT2D eigenvalue weighted by atomic mass is 10.1. The van der Waals surface area contributed by atoms with Gasteiger partial charge in [0.05, 0.1) is 23.4 Å². The Balaban J connectivity index is 1.54. The summed E-state index contributed by atoms with van der Waals surface area (Å²) in [6, 6.07) is 9.06. The molecule has 1 aromatic heterocycles. The van der Waals surface area contributed by atoms with E-state index in [2.05, 4.69) is 9.88 Å². The number of benzene rings is 1. The minimum atomic E-state index is -0.271. The first-order valence-electron chi connectivity index (χ1n) is 10.0. The van der Waals surface area contributed by atoms with E-state index in [0.29, 0.717) is 43.7 Å². The molecule has 29 heavy (non-hydrogen) atoms. The molecule has 0 atom stereocenters. The molecule has 0 N–H and O–H groups in total. The van der Waals surface area contributed by atoms with E-state index >= 15 is 0 Å². The summed E-state index contributed by atoms with van der Waals surface area (Å²) in [5.74, 6) is -0.360. The van der Waals surface area contributed by atoms with Crippen LogP contribution in [0.3, 0.4) is 0 Å². The van der Waals surface area contributed by atoms with Gasteiger partial charge in [-0.25, -0.2) is 0 Å². The lowest BCUT2D eigenvalue weighted by molar-refractivity contribution is -0.131. The van der Waals surface area contributed by atoms with Crippen LogP contribution in [0.2, 0.25) is 0 Å². The van der Waals surface area contributed by atoms with E-state index in [0.717, 1.165) is 17.7 Å². The number of hydrogen-bond donors (Lipinski definition) is 0. The van der Waals surface area contributed by atoms with Gasteiger partial charge in [-0.15, -0.1) is 0 Å². The maximum absolute atomic E-state index is 13.1. The maximum atomic E-state index is 13.1. The molecule has 4 rings (SSSR count). The third-order valence-corrected chi connectivity index (χ3v) is 5.48. The number of anilines is 1. The molecule has 0 radical (unpaired) electrons. The van der Waals surface area contributed by atoms with Gasteiger partial charge in [-0.2, -0.15) is 0 Å². The Morgan fingerprint density at radius 2 is 1.83 bits per heavy atom. The molecule has 0 aliphatic carbocycles. The molecule has 1 saturated heterocycles. The van der Waals surface area contributed by atoms with Gasteiger partial charge in [0, 0.05) is 45.0 Å². The van der Waals surface area contributed by atoms with E-state index in [9.17, 15) is 14.4 Å². The fourth-order valence-corrected chi connectivity index (χ4v) is 3.97. The number of imide groups is 1. The van der Waals surface area contributed by atoms with Gasteiger partial charge >= 0.3 is 0 Å². The second-order valence-electron chi connectivity index (χ2n) is 7.38. The zero-order chi connectivity index (χ0) is 20.4. The molecule has 1 fully saturated rings. The molecule has 3 heterocycles. The average Bonchev–Trinajstić information content (AvgIpc) is 3.00. The molecule has 1 aromatic carbocycles. The minimum Gasteiger partial charge on any atom is -0.367 e. The SMILES string of the molecule is CCCC(=O)N1CCN(c2cccc3c2C(=O)N(Cc2cccnc2)C3=O)CC1. The quantitative estimate of drug-likeness (QED) is 0.730. The number of piperazine rings is 1. The van der Waals surface area contributed by atoms with Crippen LogP contribution >= 0.6 is 0 Å². The Kier molecular flexibility index (Phi) is 5.29. The van der Waals surface area contributed by atoms with Crippen LogP contribution in [0, 0.1) is 0 Å². The molecule has 0 unspecified atom stereocenters. The molecule has 0 saturated carbocycles. The third kappa shape index (κ3) is 3.60. The van der Waals surface area contributed by atoms with Gasteiger partial charge in [-0.3, -0.25) is 24.3 Å². The number of carbonyl (C=O) groups is 3. The molecule has 150 valence electrons. The van der Waals surface area contributed by atoms with Crippen LogP contribution < -0.4 is 4.90 Å². The van der Waals surface area contributed by atoms with Crippen LogP contribution in [0.25, 0.3) is 0 Å². The van der Waals surface area contributed by atoms with Crippen molar-refractivity contribution in [1.29, 1.82) is 0 Å². The van der Waals surface area contributed by atoms with Gasteiger partial charge in [0.15, 0.2) is 0 Å². The number of aromatic nitrogens is 1. The smallest absolute Gasteiger partial charge is 0.263 e. The van der Waals surface area contributed by atoms with Crippen molar-refractivity contribution in [3.63, 3.8) is 0 Å². The summed E-state index contributed by atoms with van der Waals surface area (Å²) in [5, 5.41) is 0. The lowest BCUT2D eigenvalue weighted by Gasteiger charge is -2.36. The predicted octanol–water partition coefficient (Wildman–Crippen LogP) is 2.33. The Bertz CT molecular complexity index is 936. The summed E-state index contributed by atoms with van der Waals surface area (Å²) in [7, 11) is 0. The molecular weight excluding hydrogens is 368 g/mol. The monoisotopic (exact) mass is 392 g/mol. The van der Waals surface area contributed by atoms with Gasteiger partial charge in [0.2, 0.25) is 5.91 Å². The highest BCUT2D eigenvalue weighted by Gasteiger charge is 2.38. The number of carbonyl (C=O) groups excluding carboxylic acids is 3. The summed E-state index contributed by atoms with van der Waals surface area (Å²) in [6.45, 7) is 4.76. The van der Waals surface area contributed by atoms with E-state index in [1.165, 1.54) is 4.90 Å². The van der Waals surface area contributed by atoms with Crippen molar-refractivity contribution in [2.75, 3.05) is 31.1 Å². The highest BCUT2D eigenvalue weighted by atomic mass is 16.2. The van der Waals surface area contributed by atoms with Gasteiger partial charge < -0.3 is 9.80 Å². The van der Waals surface area contributed by atoms with Gasteiger partial charge in [0.25, 0.3) is 11.8 Å². The average molecular weight is 392 g/mol. The molecule has 3 amide bonds. The Labute approximate surface area is 169 Å². The number of hydrogen-bond acceptors (Lipinski definition) is 5. The van der Waals surface area contributed by atoms with Crippen LogP contribution in [-0.4, -0.2) is 58.7 Å². The molecule has 7 nitrogen and oxygen atoms in total. The Hall–Kier alpha value is -3.22. The predicted molar refractivity (Wildman–Crippen MR) is 109 cm³/mol. The van der Waals surface area contributed by atoms with Crippen LogP contribution in [0.4, 0.5) is 5.69 Å². The number of rotatable bonds is 5.